The minimum atomic E-state index is -1.20. The maximum absolute atomic E-state index is 12.2. The third kappa shape index (κ3) is 8.24. The van der Waals surface area contributed by atoms with Crippen LogP contribution in [0.25, 0.3) is 0 Å². The fraction of sp³-hybridized carbons (Fsp3) is 0.579. The fourth-order valence-electron chi connectivity index (χ4n) is 2.07. The van der Waals surface area contributed by atoms with Gasteiger partial charge in [0.15, 0.2) is 5.75 Å². The lowest BCUT2D eigenvalue weighted by atomic mass is 10.1. The number of amides is 1. The molecule has 1 aromatic heterocycles. The van der Waals surface area contributed by atoms with E-state index in [1.54, 1.807) is 41.5 Å². The molecule has 0 spiro atoms. The Morgan fingerprint density at radius 3 is 2.14 bits per heavy atom. The summed E-state index contributed by atoms with van der Waals surface area (Å²) >= 11 is 0. The molecular weight excluding hydrogens is 368 g/mol. The highest BCUT2D eigenvalue weighted by atomic mass is 16.7. The van der Waals surface area contributed by atoms with Crippen molar-refractivity contribution in [2.75, 3.05) is 7.05 Å². The summed E-state index contributed by atoms with van der Waals surface area (Å²) in [5.74, 6) is -1.09. The van der Waals surface area contributed by atoms with Crippen LogP contribution in [0, 0.1) is 0 Å². The molecule has 0 aliphatic heterocycles. The van der Waals surface area contributed by atoms with E-state index in [1.807, 2.05) is 0 Å². The zero-order valence-corrected chi connectivity index (χ0v) is 17.3. The number of carboxylic acids is 1. The van der Waals surface area contributed by atoms with Crippen molar-refractivity contribution in [1.29, 1.82) is 0 Å². The van der Waals surface area contributed by atoms with Crippen LogP contribution in [-0.4, -0.2) is 57.5 Å². The quantitative estimate of drug-likeness (QED) is 0.754. The number of nitrogens with zero attached hydrogens (tertiary/aromatic N) is 2. The number of ether oxygens (including phenoxy) is 3. The Hall–Kier alpha value is -2.84. The molecule has 0 radical (unpaired) electrons. The second kappa shape index (κ2) is 8.90. The van der Waals surface area contributed by atoms with Crippen LogP contribution < -0.4 is 4.74 Å². The van der Waals surface area contributed by atoms with Gasteiger partial charge in [0.1, 0.15) is 17.2 Å². The van der Waals surface area contributed by atoms with Crippen molar-refractivity contribution in [2.24, 2.45) is 0 Å². The molecule has 0 bridgehead atoms. The van der Waals surface area contributed by atoms with E-state index >= 15 is 0 Å². The van der Waals surface area contributed by atoms with Gasteiger partial charge in [-0.1, -0.05) is 0 Å². The van der Waals surface area contributed by atoms with Crippen LogP contribution in [0.3, 0.4) is 0 Å². The first-order chi connectivity index (χ1) is 12.7. The summed E-state index contributed by atoms with van der Waals surface area (Å²) in [7, 11) is 1.35. The molecule has 9 nitrogen and oxygen atoms in total. The van der Waals surface area contributed by atoms with Crippen LogP contribution in [0.1, 0.15) is 47.1 Å². The number of hydrogen-bond donors (Lipinski definition) is 1. The summed E-state index contributed by atoms with van der Waals surface area (Å²) in [6, 6.07) is 0.281. The molecule has 0 saturated heterocycles. The van der Waals surface area contributed by atoms with Gasteiger partial charge in [0.25, 0.3) is 0 Å². The number of likely N-dealkylation sites (N-methyl/N-ethyl adjacent to an activating group) is 1. The SMILES string of the molecule is CN(C(=O)OC(C)(C)C)[C@@H](Cc1cncc(OC(=O)OC(C)(C)C)c1)C(=O)O. The minimum absolute atomic E-state index is 0.0520. The number of rotatable bonds is 5. The summed E-state index contributed by atoms with van der Waals surface area (Å²) < 4.78 is 15.3. The molecule has 28 heavy (non-hydrogen) atoms. The number of aliphatic carboxylic acids is 1. The number of hydrogen-bond acceptors (Lipinski definition) is 7. The summed E-state index contributed by atoms with van der Waals surface area (Å²) in [5, 5.41) is 9.52. The van der Waals surface area contributed by atoms with E-state index in [1.165, 1.54) is 25.5 Å². The predicted molar refractivity (Wildman–Crippen MR) is 100 cm³/mol. The van der Waals surface area contributed by atoms with Gasteiger partial charge in [-0.3, -0.25) is 9.88 Å². The van der Waals surface area contributed by atoms with Crippen LogP contribution in [0.15, 0.2) is 18.5 Å². The van der Waals surface area contributed by atoms with Crippen LogP contribution in [0.4, 0.5) is 9.59 Å². The minimum Gasteiger partial charge on any atom is -0.480 e. The molecule has 0 fully saturated rings. The summed E-state index contributed by atoms with van der Waals surface area (Å²) in [6.45, 7) is 10.2. The molecule has 1 N–H and O–H groups in total. The number of pyridine rings is 1. The Labute approximate surface area is 164 Å². The van der Waals surface area contributed by atoms with Gasteiger partial charge < -0.3 is 19.3 Å². The zero-order chi connectivity index (χ0) is 21.7. The highest BCUT2D eigenvalue weighted by Crippen LogP contribution is 2.18. The first-order valence-corrected chi connectivity index (χ1v) is 8.71. The van der Waals surface area contributed by atoms with Crippen molar-refractivity contribution < 1.29 is 33.7 Å². The van der Waals surface area contributed by atoms with Crippen molar-refractivity contribution in [1.82, 2.24) is 9.88 Å². The van der Waals surface area contributed by atoms with Crippen molar-refractivity contribution in [2.45, 2.75) is 65.2 Å². The molecule has 0 aliphatic carbocycles. The van der Waals surface area contributed by atoms with Gasteiger partial charge in [-0.2, -0.15) is 0 Å². The molecule has 0 saturated carbocycles. The van der Waals surface area contributed by atoms with Crippen molar-refractivity contribution >= 4 is 18.2 Å². The van der Waals surface area contributed by atoms with Crippen LogP contribution in [0.2, 0.25) is 0 Å². The van der Waals surface area contributed by atoms with Gasteiger partial charge in [-0.25, -0.2) is 14.4 Å². The van der Waals surface area contributed by atoms with Gasteiger partial charge in [0.05, 0.1) is 6.20 Å². The smallest absolute Gasteiger partial charge is 0.480 e. The van der Waals surface area contributed by atoms with Gasteiger partial charge >= 0.3 is 18.2 Å². The van der Waals surface area contributed by atoms with E-state index in [4.69, 9.17) is 14.2 Å². The van der Waals surface area contributed by atoms with E-state index in [0.717, 1.165) is 4.90 Å². The fourth-order valence-corrected chi connectivity index (χ4v) is 2.07. The number of aromatic nitrogens is 1. The summed E-state index contributed by atoms with van der Waals surface area (Å²) in [6.07, 6.45) is 1.03. The Kier molecular flexibility index (Phi) is 7.37. The van der Waals surface area contributed by atoms with Gasteiger partial charge in [0, 0.05) is 19.7 Å². The molecule has 1 amide bonds. The highest BCUT2D eigenvalue weighted by Gasteiger charge is 2.30. The lowest BCUT2D eigenvalue weighted by Crippen LogP contribution is -2.46. The molecule has 1 heterocycles. The molecule has 1 atom stereocenters. The van der Waals surface area contributed by atoms with Crippen LogP contribution >= 0.6 is 0 Å². The lowest BCUT2D eigenvalue weighted by molar-refractivity contribution is -0.142. The Morgan fingerprint density at radius 1 is 1.07 bits per heavy atom. The largest absolute Gasteiger partial charge is 0.514 e. The summed E-state index contributed by atoms with van der Waals surface area (Å²) in [4.78, 5) is 40.6. The third-order valence-corrected chi connectivity index (χ3v) is 3.22. The maximum Gasteiger partial charge on any atom is 0.514 e. The first kappa shape index (κ1) is 23.2. The molecule has 1 aromatic rings. The molecule has 0 aliphatic rings. The average molecular weight is 396 g/mol. The first-order valence-electron chi connectivity index (χ1n) is 8.71. The lowest BCUT2D eigenvalue weighted by Gasteiger charge is -2.28. The maximum atomic E-state index is 12.2. The molecule has 0 aromatic carbocycles. The van der Waals surface area contributed by atoms with Crippen LogP contribution in [0.5, 0.6) is 5.75 Å². The molecule has 9 heteroatoms. The van der Waals surface area contributed by atoms with E-state index in [2.05, 4.69) is 4.98 Å². The second-order valence-corrected chi connectivity index (χ2v) is 8.24. The third-order valence-electron chi connectivity index (χ3n) is 3.22. The highest BCUT2D eigenvalue weighted by molar-refractivity contribution is 5.80. The van der Waals surface area contributed by atoms with E-state index < -0.39 is 35.5 Å². The molecule has 156 valence electrons. The van der Waals surface area contributed by atoms with E-state index in [9.17, 15) is 19.5 Å². The van der Waals surface area contributed by atoms with Gasteiger partial charge in [-0.15, -0.1) is 0 Å². The molecular formula is C19H28N2O7. The van der Waals surface area contributed by atoms with Crippen molar-refractivity contribution in [3.8, 4) is 5.75 Å². The Morgan fingerprint density at radius 2 is 1.64 bits per heavy atom. The Balaban J connectivity index is 2.90. The number of carbonyl (C=O) groups excluding carboxylic acids is 2. The summed E-state index contributed by atoms with van der Waals surface area (Å²) in [5.41, 5.74) is -1.01. The predicted octanol–water partition coefficient (Wildman–Crippen LogP) is 3.26. The number of carbonyl (C=O) groups is 3. The van der Waals surface area contributed by atoms with Crippen molar-refractivity contribution in [3.05, 3.63) is 24.0 Å². The Bertz CT molecular complexity index is 720. The topological polar surface area (TPSA) is 115 Å². The monoisotopic (exact) mass is 396 g/mol. The van der Waals surface area contributed by atoms with Crippen molar-refractivity contribution in [3.63, 3.8) is 0 Å². The zero-order valence-electron chi connectivity index (χ0n) is 17.3. The van der Waals surface area contributed by atoms with E-state index in [-0.39, 0.29) is 12.2 Å². The van der Waals surface area contributed by atoms with Gasteiger partial charge in [0.2, 0.25) is 0 Å². The number of carboxylic acid groups (broad SMARTS) is 1. The standard InChI is InChI=1S/C19H28N2O7/c1-18(2,3)27-16(24)21(7)14(15(22)23)9-12-8-13(11-20-10-12)26-17(25)28-19(4,5)6/h8,10-11,14H,9H2,1-7H3,(H,22,23)/t14-/m0/s1. The molecule has 0 unspecified atom stereocenters. The average Bonchev–Trinajstić information content (AvgIpc) is 2.48. The van der Waals surface area contributed by atoms with Crippen LogP contribution in [-0.2, 0) is 20.7 Å². The molecule has 1 rings (SSSR count). The normalized spacial score (nSPS) is 12.7. The van der Waals surface area contributed by atoms with E-state index in [0.29, 0.717) is 5.56 Å². The second-order valence-electron chi connectivity index (χ2n) is 8.24. The van der Waals surface area contributed by atoms with Gasteiger partial charge in [-0.05, 0) is 53.2 Å².